The van der Waals surface area contributed by atoms with Crippen LogP contribution in [-0.2, 0) is 4.79 Å². The van der Waals surface area contributed by atoms with Crippen molar-refractivity contribution in [2.45, 2.75) is 38.1 Å². The van der Waals surface area contributed by atoms with E-state index in [0.29, 0.717) is 57.4 Å². The van der Waals surface area contributed by atoms with E-state index in [0.717, 1.165) is 13.1 Å². The van der Waals surface area contributed by atoms with E-state index in [4.69, 9.17) is 11.6 Å². The zero-order valence-electron chi connectivity index (χ0n) is 20.7. The van der Waals surface area contributed by atoms with Crippen LogP contribution in [0.5, 0.6) is 0 Å². The molecule has 6 rings (SSSR count). The Kier molecular flexibility index (Phi) is 5.80. The molecule has 3 aliphatic heterocycles. The van der Waals surface area contributed by atoms with E-state index in [1.54, 1.807) is 15.9 Å². The summed E-state index contributed by atoms with van der Waals surface area (Å²) in [5.74, 6) is -0.992. The highest BCUT2D eigenvalue weighted by Crippen LogP contribution is 2.47. The molecule has 0 radical (unpaired) electrons. The summed E-state index contributed by atoms with van der Waals surface area (Å²) < 4.78 is 13.5. The summed E-state index contributed by atoms with van der Waals surface area (Å²) in [7, 11) is 2.07. The number of hydrogen-bond donors (Lipinski definition) is 2. The third kappa shape index (κ3) is 4.10. The number of carbonyl (C=O) groups excluding carboxylic acids is 3. The Morgan fingerprint density at radius 1 is 1.16 bits per heavy atom. The van der Waals surface area contributed by atoms with Crippen LogP contribution in [0.1, 0.15) is 53.1 Å². The summed E-state index contributed by atoms with van der Waals surface area (Å²) in [6.45, 7) is 3.91. The van der Waals surface area contributed by atoms with E-state index >= 15 is 0 Å². The van der Waals surface area contributed by atoms with Crippen molar-refractivity contribution in [2.24, 2.45) is 10.8 Å². The maximum absolute atomic E-state index is 13.5. The van der Waals surface area contributed by atoms with Gasteiger partial charge in [0.05, 0.1) is 22.5 Å². The first-order valence-electron chi connectivity index (χ1n) is 12.8. The van der Waals surface area contributed by atoms with Crippen LogP contribution in [0.3, 0.4) is 0 Å². The lowest BCUT2D eigenvalue weighted by Crippen LogP contribution is -2.72. The number of halogens is 2. The molecular formula is C26H30ClFN6O3. The second kappa shape index (κ2) is 8.80. The Balaban J connectivity index is 1.05. The van der Waals surface area contributed by atoms with E-state index in [1.165, 1.54) is 18.5 Å². The lowest BCUT2D eigenvalue weighted by atomic mass is 9.71. The predicted octanol–water partition coefficient (Wildman–Crippen LogP) is 2.69. The summed E-state index contributed by atoms with van der Waals surface area (Å²) in [4.78, 5) is 52.1. The Morgan fingerprint density at radius 2 is 1.89 bits per heavy atom. The number of likely N-dealkylation sites (tertiary alicyclic amines) is 2. The number of nitrogens with one attached hydrogen (secondary N) is 2. The molecule has 9 nitrogen and oxygen atoms in total. The second-order valence-electron chi connectivity index (χ2n) is 11.3. The maximum atomic E-state index is 13.5. The van der Waals surface area contributed by atoms with Crippen molar-refractivity contribution in [3.63, 3.8) is 0 Å². The van der Waals surface area contributed by atoms with Crippen LogP contribution in [0.25, 0.3) is 0 Å². The maximum Gasteiger partial charge on any atom is 0.274 e. The number of aromatic amines is 1. The smallest absolute Gasteiger partial charge is 0.274 e. The fourth-order valence-corrected chi connectivity index (χ4v) is 7.04. The second-order valence-corrected chi connectivity index (χ2v) is 11.7. The molecule has 196 valence electrons. The number of carbonyl (C=O) groups is 3. The van der Waals surface area contributed by atoms with Gasteiger partial charge in [-0.3, -0.25) is 14.4 Å². The molecule has 2 spiro atoms. The Labute approximate surface area is 219 Å². The number of benzene rings is 1. The largest absolute Gasteiger partial charge is 0.348 e. The van der Waals surface area contributed by atoms with Crippen molar-refractivity contribution < 1.29 is 18.8 Å². The molecule has 2 aromatic rings. The average Bonchev–Trinajstić information content (AvgIpc) is 3.43. The molecule has 4 aliphatic rings. The number of anilines is 1. The van der Waals surface area contributed by atoms with Crippen LogP contribution in [0.15, 0.2) is 24.5 Å². The SMILES string of the molecule is CN1CC2(C1)CN(C(=O)c1nc[nH]c1C(=O)NC1CCC3(CC1)CCN(c1ccc(F)cc1Cl)C3=O)C2. The zero-order chi connectivity index (χ0) is 25.9. The van der Waals surface area contributed by atoms with Crippen LogP contribution in [0.4, 0.5) is 10.1 Å². The highest BCUT2D eigenvalue weighted by atomic mass is 35.5. The third-order valence-corrected chi connectivity index (χ3v) is 8.91. The zero-order valence-corrected chi connectivity index (χ0v) is 21.5. The number of rotatable bonds is 4. The highest BCUT2D eigenvalue weighted by Gasteiger charge is 2.53. The van der Waals surface area contributed by atoms with Gasteiger partial charge in [-0.15, -0.1) is 0 Å². The first-order valence-corrected chi connectivity index (χ1v) is 13.2. The van der Waals surface area contributed by atoms with Crippen molar-refractivity contribution in [3.05, 3.63) is 46.8 Å². The van der Waals surface area contributed by atoms with Crippen molar-refractivity contribution in [2.75, 3.05) is 44.7 Å². The molecule has 0 bridgehead atoms. The van der Waals surface area contributed by atoms with Gasteiger partial charge in [-0.25, -0.2) is 9.37 Å². The quantitative estimate of drug-likeness (QED) is 0.635. The fraction of sp³-hybridized carbons (Fsp3) is 0.538. The van der Waals surface area contributed by atoms with Gasteiger partial charge < -0.3 is 25.0 Å². The molecule has 1 saturated carbocycles. The average molecular weight is 529 g/mol. The molecule has 4 fully saturated rings. The minimum atomic E-state index is -0.489. The Hall–Kier alpha value is -2.98. The number of H-pyrrole nitrogens is 1. The normalized spacial score (nSPS) is 26.9. The van der Waals surface area contributed by atoms with E-state index in [-0.39, 0.29) is 45.6 Å². The molecule has 37 heavy (non-hydrogen) atoms. The van der Waals surface area contributed by atoms with Crippen LogP contribution in [0, 0.1) is 16.6 Å². The summed E-state index contributed by atoms with van der Waals surface area (Å²) in [5.41, 5.74) is 0.596. The lowest BCUT2D eigenvalue weighted by molar-refractivity contribution is -0.127. The van der Waals surface area contributed by atoms with E-state index in [1.807, 2.05) is 0 Å². The minimum absolute atomic E-state index is 0.0113. The minimum Gasteiger partial charge on any atom is -0.348 e. The first-order chi connectivity index (χ1) is 17.7. The van der Waals surface area contributed by atoms with Crippen molar-refractivity contribution in [1.82, 2.24) is 25.1 Å². The summed E-state index contributed by atoms with van der Waals surface area (Å²) in [6, 6.07) is 3.99. The molecule has 0 unspecified atom stereocenters. The standard InChI is InChI=1S/C26H30ClFN6O3/c1-32-11-25(12-32)13-33(14-25)23(36)21-20(29-15-30-21)22(35)31-17-4-6-26(7-5-17)8-9-34(24(26)37)19-3-2-16(28)10-18(19)27/h2-3,10,15,17H,4-9,11-14H2,1H3,(H,29,30)(H,31,35). The van der Waals surface area contributed by atoms with Gasteiger partial charge in [-0.2, -0.15) is 0 Å². The van der Waals surface area contributed by atoms with Crippen LogP contribution in [0.2, 0.25) is 5.02 Å². The Morgan fingerprint density at radius 3 is 2.57 bits per heavy atom. The van der Waals surface area contributed by atoms with E-state index < -0.39 is 11.2 Å². The molecule has 0 atom stereocenters. The number of amides is 3. The topological polar surface area (TPSA) is 102 Å². The number of imidazole rings is 1. The van der Waals surface area contributed by atoms with Gasteiger partial charge in [0.1, 0.15) is 11.5 Å². The number of nitrogens with zero attached hydrogens (tertiary/aromatic N) is 4. The Bertz CT molecular complexity index is 1260. The number of hydrogen-bond acceptors (Lipinski definition) is 5. The lowest BCUT2D eigenvalue weighted by Gasteiger charge is -2.59. The van der Waals surface area contributed by atoms with Crippen LogP contribution in [-0.4, -0.2) is 83.3 Å². The van der Waals surface area contributed by atoms with Crippen LogP contribution >= 0.6 is 11.6 Å². The van der Waals surface area contributed by atoms with Crippen molar-refractivity contribution in [1.29, 1.82) is 0 Å². The van der Waals surface area contributed by atoms with Crippen molar-refractivity contribution >= 4 is 35.0 Å². The van der Waals surface area contributed by atoms with Gasteiger partial charge in [0.2, 0.25) is 5.91 Å². The van der Waals surface area contributed by atoms with Crippen LogP contribution < -0.4 is 10.2 Å². The summed E-state index contributed by atoms with van der Waals surface area (Å²) in [6.07, 6.45) is 4.68. The molecule has 3 amide bonds. The van der Waals surface area contributed by atoms with E-state index in [2.05, 4.69) is 27.2 Å². The van der Waals surface area contributed by atoms with Gasteiger partial charge in [0.25, 0.3) is 11.8 Å². The summed E-state index contributed by atoms with van der Waals surface area (Å²) >= 11 is 6.21. The van der Waals surface area contributed by atoms with Gasteiger partial charge in [0, 0.05) is 44.2 Å². The molecule has 4 heterocycles. The van der Waals surface area contributed by atoms with Gasteiger partial charge in [-0.05, 0) is 57.4 Å². The van der Waals surface area contributed by atoms with Gasteiger partial charge >= 0.3 is 0 Å². The number of aromatic nitrogens is 2. The molecule has 1 aromatic carbocycles. The molecule has 2 N–H and O–H groups in total. The highest BCUT2D eigenvalue weighted by molar-refractivity contribution is 6.34. The molecule has 1 aromatic heterocycles. The summed E-state index contributed by atoms with van der Waals surface area (Å²) in [5, 5.41) is 3.27. The molecular weight excluding hydrogens is 499 g/mol. The predicted molar refractivity (Wildman–Crippen MR) is 135 cm³/mol. The van der Waals surface area contributed by atoms with Crippen molar-refractivity contribution in [3.8, 4) is 0 Å². The first kappa shape index (κ1) is 24.4. The van der Waals surface area contributed by atoms with Gasteiger partial charge in [0.15, 0.2) is 5.69 Å². The molecule has 11 heteroatoms. The third-order valence-electron chi connectivity index (χ3n) is 8.61. The molecule has 1 aliphatic carbocycles. The van der Waals surface area contributed by atoms with E-state index in [9.17, 15) is 18.8 Å². The van der Waals surface area contributed by atoms with Gasteiger partial charge in [-0.1, -0.05) is 11.6 Å². The molecule has 3 saturated heterocycles. The fourth-order valence-electron chi connectivity index (χ4n) is 6.77. The monoisotopic (exact) mass is 528 g/mol.